The van der Waals surface area contributed by atoms with Gasteiger partial charge in [0.15, 0.2) is 11.5 Å². The van der Waals surface area contributed by atoms with Crippen LogP contribution in [0.2, 0.25) is 0 Å². The van der Waals surface area contributed by atoms with Crippen LogP contribution in [0.1, 0.15) is 13.3 Å². The van der Waals surface area contributed by atoms with Crippen LogP contribution in [0.4, 0.5) is 0 Å². The number of carboxylic acids is 1. The van der Waals surface area contributed by atoms with Gasteiger partial charge in [-0.25, -0.2) is 0 Å². The number of rotatable bonds is 1. The summed E-state index contributed by atoms with van der Waals surface area (Å²) in [6.45, 7) is 1.60. The number of phenolic OH excluding ortho intramolecular Hbond substituents is 2. The highest BCUT2D eigenvalue weighted by molar-refractivity contribution is 9.10. The quantitative estimate of drug-likeness (QED) is 0.704. The van der Waals surface area contributed by atoms with Gasteiger partial charge in [-0.1, -0.05) is 28.9 Å². The second-order valence-electron chi connectivity index (χ2n) is 3.55. The molecule has 0 saturated heterocycles. The van der Waals surface area contributed by atoms with Crippen molar-refractivity contribution in [2.75, 3.05) is 0 Å². The van der Waals surface area contributed by atoms with Crippen molar-refractivity contribution in [3.05, 3.63) is 34.8 Å². The summed E-state index contributed by atoms with van der Waals surface area (Å²) in [6.07, 6.45) is 0.222. The molecule has 0 radical (unpaired) electrons. The Hall–Kier alpha value is -1.75. The molecule has 0 heterocycles. The molecule has 0 atom stereocenters. The third-order valence-electron chi connectivity index (χ3n) is 2.23. The molecule has 4 nitrogen and oxygen atoms in total. The fraction of sp³-hybridized carbons (Fsp3) is 0.154. The second-order valence-corrected chi connectivity index (χ2v) is 4.46. The molecule has 0 fully saturated rings. The van der Waals surface area contributed by atoms with Gasteiger partial charge >= 0.3 is 5.97 Å². The molecular weight excluding hydrogens is 300 g/mol. The number of halogens is 1. The Bertz CT molecular complexity index is 566. The van der Waals surface area contributed by atoms with E-state index in [1.807, 2.05) is 12.1 Å². The summed E-state index contributed by atoms with van der Waals surface area (Å²) in [5.41, 5.74) is 0. The van der Waals surface area contributed by atoms with Gasteiger partial charge in [-0.3, -0.25) is 4.79 Å². The number of carbonyl (C=O) groups is 1. The lowest BCUT2D eigenvalue weighted by Gasteiger charge is -2.02. The Labute approximate surface area is 113 Å². The minimum atomic E-state index is -0.745. The molecule has 3 N–H and O–H groups in total. The maximum Gasteiger partial charge on any atom is 0.303 e. The summed E-state index contributed by atoms with van der Waals surface area (Å²) in [7, 11) is 0. The average Bonchev–Trinajstić information content (AvgIpc) is 2.34. The highest BCUT2D eigenvalue weighted by Crippen LogP contribution is 2.34. The molecule has 2 aromatic rings. The minimum Gasteiger partial charge on any atom is -0.504 e. The number of fused-ring (bicyclic) bond motifs is 1. The molecule has 2 rings (SSSR count). The third-order valence-corrected chi connectivity index (χ3v) is 2.73. The molecule has 0 spiro atoms. The maximum absolute atomic E-state index is 9.48. The summed E-state index contributed by atoms with van der Waals surface area (Å²) >= 11 is 3.33. The Balaban J connectivity index is 0.000000280. The predicted octanol–water partition coefficient (Wildman–Crippen LogP) is 3.49. The van der Waals surface area contributed by atoms with E-state index in [1.54, 1.807) is 19.1 Å². The monoisotopic (exact) mass is 312 g/mol. The highest BCUT2D eigenvalue weighted by Gasteiger charge is 2.04. The van der Waals surface area contributed by atoms with Crippen LogP contribution in [0, 0.1) is 0 Å². The van der Waals surface area contributed by atoms with Gasteiger partial charge in [0.2, 0.25) is 0 Å². The van der Waals surface area contributed by atoms with Crippen LogP contribution >= 0.6 is 15.9 Å². The molecule has 2 aromatic carbocycles. The smallest absolute Gasteiger partial charge is 0.303 e. The molecule has 0 aliphatic rings. The van der Waals surface area contributed by atoms with Gasteiger partial charge in [0.05, 0.1) is 0 Å². The van der Waals surface area contributed by atoms with Crippen LogP contribution in [0.25, 0.3) is 10.8 Å². The van der Waals surface area contributed by atoms with Gasteiger partial charge in [0, 0.05) is 16.3 Å². The lowest BCUT2D eigenvalue weighted by atomic mass is 10.1. The first-order valence-electron chi connectivity index (χ1n) is 5.27. The van der Waals surface area contributed by atoms with Crippen molar-refractivity contribution in [1.82, 2.24) is 0 Å². The zero-order chi connectivity index (χ0) is 13.7. The molecule has 0 saturated carbocycles. The molecule has 0 bridgehead atoms. The number of aliphatic carboxylic acids is 1. The Morgan fingerprint density at radius 1 is 1.22 bits per heavy atom. The first-order valence-corrected chi connectivity index (χ1v) is 6.07. The summed E-state index contributed by atoms with van der Waals surface area (Å²) in [5.74, 6) is -0.898. The summed E-state index contributed by atoms with van der Waals surface area (Å²) in [6, 6.07) is 8.70. The lowest BCUT2D eigenvalue weighted by molar-refractivity contribution is -0.136. The van der Waals surface area contributed by atoms with Crippen molar-refractivity contribution in [1.29, 1.82) is 0 Å². The van der Waals surface area contributed by atoms with Gasteiger partial charge in [-0.2, -0.15) is 0 Å². The SMILES string of the molecule is CCC(=O)O.Oc1ccc2cc(Br)ccc2c1O. The Morgan fingerprint density at radius 2 is 1.83 bits per heavy atom. The molecule has 96 valence electrons. The van der Waals surface area contributed by atoms with E-state index in [9.17, 15) is 15.0 Å². The predicted molar refractivity (Wildman–Crippen MR) is 72.9 cm³/mol. The fourth-order valence-electron chi connectivity index (χ4n) is 1.27. The van der Waals surface area contributed by atoms with E-state index in [-0.39, 0.29) is 17.9 Å². The Kier molecular flexibility index (Phi) is 4.97. The molecule has 0 unspecified atom stereocenters. The van der Waals surface area contributed by atoms with Crippen LogP contribution in [-0.4, -0.2) is 21.3 Å². The standard InChI is InChI=1S/C10H7BrO2.C3H6O2/c11-7-2-3-8-6(5-7)1-4-9(12)10(8)13;1-2-3(4)5/h1-5,12-13H;2H2,1H3,(H,4,5). The number of hydrogen-bond donors (Lipinski definition) is 3. The van der Waals surface area contributed by atoms with Crippen LogP contribution in [0.5, 0.6) is 11.5 Å². The first-order chi connectivity index (χ1) is 8.45. The van der Waals surface area contributed by atoms with Crippen LogP contribution < -0.4 is 0 Å². The van der Waals surface area contributed by atoms with Gasteiger partial charge in [0.25, 0.3) is 0 Å². The zero-order valence-corrected chi connectivity index (χ0v) is 11.3. The van der Waals surface area contributed by atoms with E-state index < -0.39 is 5.97 Å². The number of aromatic hydroxyl groups is 2. The van der Waals surface area contributed by atoms with Gasteiger partial charge < -0.3 is 15.3 Å². The number of phenols is 2. The Morgan fingerprint density at radius 3 is 2.39 bits per heavy atom. The van der Waals surface area contributed by atoms with Crippen molar-refractivity contribution < 1.29 is 20.1 Å². The van der Waals surface area contributed by atoms with Crippen molar-refractivity contribution >= 4 is 32.7 Å². The van der Waals surface area contributed by atoms with E-state index in [0.29, 0.717) is 5.39 Å². The molecule has 18 heavy (non-hydrogen) atoms. The topological polar surface area (TPSA) is 77.8 Å². The van der Waals surface area contributed by atoms with E-state index in [4.69, 9.17) is 5.11 Å². The summed E-state index contributed by atoms with van der Waals surface area (Å²) in [4.78, 5) is 9.37. The average molecular weight is 313 g/mol. The molecule has 5 heteroatoms. The van der Waals surface area contributed by atoms with Gasteiger partial charge in [-0.05, 0) is 29.7 Å². The lowest BCUT2D eigenvalue weighted by Crippen LogP contribution is -1.86. The van der Waals surface area contributed by atoms with E-state index in [1.165, 1.54) is 6.07 Å². The molecule has 0 aliphatic heterocycles. The van der Waals surface area contributed by atoms with E-state index >= 15 is 0 Å². The minimum absolute atomic E-state index is 0.0648. The molecule has 0 amide bonds. The van der Waals surface area contributed by atoms with Crippen molar-refractivity contribution in [3.63, 3.8) is 0 Å². The van der Waals surface area contributed by atoms with Gasteiger partial charge in [-0.15, -0.1) is 0 Å². The highest BCUT2D eigenvalue weighted by atomic mass is 79.9. The number of benzene rings is 2. The summed E-state index contributed by atoms with van der Waals surface area (Å²) in [5, 5.41) is 28.0. The number of carboxylic acid groups (broad SMARTS) is 1. The molecule has 0 aromatic heterocycles. The first kappa shape index (κ1) is 14.3. The molecular formula is C13H13BrO4. The van der Waals surface area contributed by atoms with Crippen molar-refractivity contribution in [3.8, 4) is 11.5 Å². The van der Waals surface area contributed by atoms with Crippen LogP contribution in [0.3, 0.4) is 0 Å². The zero-order valence-electron chi connectivity index (χ0n) is 9.72. The normalized spacial score (nSPS) is 9.67. The number of hydrogen-bond acceptors (Lipinski definition) is 3. The second kappa shape index (κ2) is 6.26. The largest absolute Gasteiger partial charge is 0.504 e. The van der Waals surface area contributed by atoms with E-state index in [2.05, 4.69) is 15.9 Å². The van der Waals surface area contributed by atoms with Crippen molar-refractivity contribution in [2.24, 2.45) is 0 Å². The van der Waals surface area contributed by atoms with E-state index in [0.717, 1.165) is 9.86 Å². The molecule has 0 aliphatic carbocycles. The van der Waals surface area contributed by atoms with Crippen LogP contribution in [0.15, 0.2) is 34.8 Å². The van der Waals surface area contributed by atoms with Gasteiger partial charge in [0.1, 0.15) is 0 Å². The summed E-state index contributed by atoms with van der Waals surface area (Å²) < 4.78 is 0.949. The van der Waals surface area contributed by atoms with Crippen molar-refractivity contribution in [2.45, 2.75) is 13.3 Å². The fourth-order valence-corrected chi connectivity index (χ4v) is 1.65. The van der Waals surface area contributed by atoms with Crippen LogP contribution in [-0.2, 0) is 4.79 Å². The maximum atomic E-state index is 9.48. The third kappa shape index (κ3) is 3.63.